The van der Waals surface area contributed by atoms with Crippen molar-refractivity contribution >= 4 is 17.5 Å². The standard InChI is InChI=1S/C26H32FN7O2/c27-22-5-6-23-19(8-13-36-23)21(22)15-29-26-28-14-20(25-31-30-17-34(25)26)18-4-3-11-33(12-7-18)24(35)16-32-9-1-2-10-32/h5-6,14,17-18H,1-4,7-13,15-16H2,(H,28,29). The first kappa shape index (κ1) is 23.1. The largest absolute Gasteiger partial charge is 0.493 e. The maximum atomic E-state index is 14.6. The molecule has 0 saturated carbocycles. The van der Waals surface area contributed by atoms with Crippen molar-refractivity contribution in [3.63, 3.8) is 0 Å². The van der Waals surface area contributed by atoms with Gasteiger partial charge < -0.3 is 15.0 Å². The fourth-order valence-electron chi connectivity index (χ4n) is 5.82. The van der Waals surface area contributed by atoms with Gasteiger partial charge >= 0.3 is 0 Å². The minimum atomic E-state index is -0.245. The summed E-state index contributed by atoms with van der Waals surface area (Å²) in [6, 6.07) is 3.15. The molecule has 36 heavy (non-hydrogen) atoms. The van der Waals surface area contributed by atoms with Gasteiger partial charge in [0, 0.05) is 48.9 Å². The average Bonchev–Trinajstić information content (AvgIpc) is 3.64. The number of nitrogens with one attached hydrogen (secondary N) is 1. The minimum absolute atomic E-state index is 0.243. The monoisotopic (exact) mass is 493 g/mol. The Hall–Kier alpha value is -3.27. The summed E-state index contributed by atoms with van der Waals surface area (Å²) in [5.41, 5.74) is 3.34. The molecule has 0 spiro atoms. The van der Waals surface area contributed by atoms with Crippen LogP contribution in [0.1, 0.15) is 54.7 Å². The molecule has 5 heterocycles. The number of hydrogen-bond donors (Lipinski definition) is 1. The molecule has 9 nitrogen and oxygen atoms in total. The van der Waals surface area contributed by atoms with Gasteiger partial charge in [0.2, 0.25) is 11.9 Å². The fourth-order valence-corrected chi connectivity index (χ4v) is 5.82. The van der Waals surface area contributed by atoms with E-state index in [1.165, 1.54) is 18.9 Å². The second kappa shape index (κ2) is 10.0. The maximum absolute atomic E-state index is 14.6. The Kier molecular flexibility index (Phi) is 6.43. The smallest absolute Gasteiger partial charge is 0.236 e. The molecule has 1 unspecified atom stereocenters. The van der Waals surface area contributed by atoms with Crippen molar-refractivity contribution in [3.8, 4) is 5.75 Å². The van der Waals surface area contributed by atoms with Crippen LogP contribution < -0.4 is 10.1 Å². The summed E-state index contributed by atoms with van der Waals surface area (Å²) < 4.78 is 22.0. The SMILES string of the molecule is O=C(CN1CCCC1)N1CCCC(c2cnc(NCc3c(F)ccc4c3CCO4)n3cnnc23)CC1. The van der Waals surface area contributed by atoms with Gasteiger partial charge in [0.25, 0.3) is 0 Å². The highest BCUT2D eigenvalue weighted by Crippen LogP contribution is 2.32. The molecular weight excluding hydrogens is 461 g/mol. The van der Waals surface area contributed by atoms with Crippen LogP contribution in [0.4, 0.5) is 10.3 Å². The number of rotatable bonds is 6. The van der Waals surface area contributed by atoms with Crippen LogP contribution >= 0.6 is 0 Å². The second-order valence-electron chi connectivity index (χ2n) is 10.0. The van der Waals surface area contributed by atoms with Gasteiger partial charge in [-0.25, -0.2) is 9.37 Å². The first-order valence-corrected chi connectivity index (χ1v) is 13.0. The average molecular weight is 494 g/mol. The normalized spacial score (nSPS) is 20.4. The molecule has 1 aromatic carbocycles. The van der Waals surface area contributed by atoms with E-state index in [0.29, 0.717) is 37.6 Å². The molecule has 0 bridgehead atoms. The highest BCUT2D eigenvalue weighted by atomic mass is 19.1. The molecule has 6 rings (SSSR count). The molecule has 3 aliphatic heterocycles. The van der Waals surface area contributed by atoms with Crippen LogP contribution in [-0.2, 0) is 17.8 Å². The van der Waals surface area contributed by atoms with Crippen LogP contribution in [0.25, 0.3) is 5.65 Å². The zero-order valence-electron chi connectivity index (χ0n) is 20.5. The first-order valence-electron chi connectivity index (χ1n) is 13.0. The van der Waals surface area contributed by atoms with Gasteiger partial charge in [0.15, 0.2) is 5.65 Å². The zero-order valence-corrected chi connectivity index (χ0v) is 20.5. The lowest BCUT2D eigenvalue weighted by molar-refractivity contribution is -0.132. The molecule has 10 heteroatoms. The summed E-state index contributed by atoms with van der Waals surface area (Å²) in [7, 11) is 0. The fraction of sp³-hybridized carbons (Fsp3) is 0.538. The Balaban J connectivity index is 1.16. The van der Waals surface area contributed by atoms with E-state index in [2.05, 4.69) is 25.4 Å². The number of fused-ring (bicyclic) bond motifs is 2. The molecular formula is C26H32FN7O2. The van der Waals surface area contributed by atoms with Crippen LogP contribution in [0, 0.1) is 5.82 Å². The Bertz CT molecular complexity index is 1260. The number of carbonyl (C=O) groups is 1. The van der Waals surface area contributed by atoms with Crippen LogP contribution in [0.15, 0.2) is 24.7 Å². The van der Waals surface area contributed by atoms with E-state index in [-0.39, 0.29) is 17.6 Å². The molecule has 1 N–H and O–H groups in total. The van der Waals surface area contributed by atoms with Crippen LogP contribution in [-0.4, -0.2) is 74.6 Å². The number of benzene rings is 1. The number of aromatic nitrogens is 4. The van der Waals surface area contributed by atoms with Gasteiger partial charge in [-0.2, -0.15) is 0 Å². The van der Waals surface area contributed by atoms with Crippen LogP contribution in [0.2, 0.25) is 0 Å². The van der Waals surface area contributed by atoms with Crippen molar-refractivity contribution in [3.05, 3.63) is 47.2 Å². The van der Waals surface area contributed by atoms with E-state index in [1.54, 1.807) is 12.4 Å². The Morgan fingerprint density at radius 3 is 2.92 bits per heavy atom. The molecule has 2 saturated heterocycles. The summed E-state index contributed by atoms with van der Waals surface area (Å²) in [6.07, 6.45) is 9.42. The van der Waals surface area contributed by atoms with Gasteiger partial charge in [0.1, 0.15) is 17.9 Å². The van der Waals surface area contributed by atoms with Crippen molar-refractivity contribution in [2.24, 2.45) is 0 Å². The van der Waals surface area contributed by atoms with Crippen LogP contribution in [0.3, 0.4) is 0 Å². The number of ether oxygens (including phenoxy) is 1. The van der Waals surface area contributed by atoms with Crippen molar-refractivity contribution in [1.29, 1.82) is 0 Å². The topological polar surface area (TPSA) is 87.9 Å². The molecule has 0 aliphatic carbocycles. The van der Waals surface area contributed by atoms with Gasteiger partial charge in [-0.15, -0.1) is 10.2 Å². The third kappa shape index (κ3) is 4.50. The number of anilines is 1. The zero-order chi connectivity index (χ0) is 24.5. The van der Waals surface area contributed by atoms with E-state index in [9.17, 15) is 9.18 Å². The lowest BCUT2D eigenvalue weighted by Gasteiger charge is -2.24. The Labute approximate surface area is 209 Å². The Morgan fingerprint density at radius 1 is 1.14 bits per heavy atom. The second-order valence-corrected chi connectivity index (χ2v) is 10.0. The van der Waals surface area contributed by atoms with E-state index in [4.69, 9.17) is 4.74 Å². The van der Waals surface area contributed by atoms with E-state index >= 15 is 0 Å². The number of likely N-dealkylation sites (tertiary alicyclic amines) is 2. The van der Waals surface area contributed by atoms with Gasteiger partial charge in [0.05, 0.1) is 13.2 Å². The summed E-state index contributed by atoms with van der Waals surface area (Å²) >= 11 is 0. The molecule has 0 radical (unpaired) electrons. The highest BCUT2D eigenvalue weighted by molar-refractivity contribution is 5.78. The summed E-state index contributed by atoms with van der Waals surface area (Å²) in [6.45, 7) is 5.04. The molecule has 3 aromatic rings. The molecule has 2 aromatic heterocycles. The first-order chi connectivity index (χ1) is 17.7. The minimum Gasteiger partial charge on any atom is -0.493 e. The number of halogens is 1. The van der Waals surface area contributed by atoms with Gasteiger partial charge in [-0.05, 0) is 63.2 Å². The van der Waals surface area contributed by atoms with Crippen molar-refractivity contribution < 1.29 is 13.9 Å². The molecule has 1 atom stereocenters. The third-order valence-electron chi connectivity index (χ3n) is 7.80. The van der Waals surface area contributed by atoms with Crippen molar-refractivity contribution in [1.82, 2.24) is 29.4 Å². The molecule has 3 aliphatic rings. The predicted molar refractivity (Wildman–Crippen MR) is 133 cm³/mol. The number of amides is 1. The van der Waals surface area contributed by atoms with E-state index in [1.807, 2.05) is 15.5 Å². The van der Waals surface area contributed by atoms with Crippen molar-refractivity contribution in [2.75, 3.05) is 44.6 Å². The number of nitrogens with zero attached hydrogens (tertiary/aromatic N) is 6. The molecule has 190 valence electrons. The van der Waals surface area contributed by atoms with Gasteiger partial charge in [-0.1, -0.05) is 0 Å². The van der Waals surface area contributed by atoms with E-state index in [0.717, 1.165) is 68.0 Å². The highest BCUT2D eigenvalue weighted by Gasteiger charge is 2.26. The summed E-state index contributed by atoms with van der Waals surface area (Å²) in [5.74, 6) is 1.59. The third-order valence-corrected chi connectivity index (χ3v) is 7.80. The van der Waals surface area contributed by atoms with Crippen molar-refractivity contribution in [2.45, 2.75) is 51.0 Å². The maximum Gasteiger partial charge on any atom is 0.236 e. The number of carbonyl (C=O) groups excluding carboxylic acids is 1. The number of hydrogen-bond acceptors (Lipinski definition) is 7. The van der Waals surface area contributed by atoms with Crippen LogP contribution in [0.5, 0.6) is 5.75 Å². The lowest BCUT2D eigenvalue weighted by atomic mass is 9.94. The summed E-state index contributed by atoms with van der Waals surface area (Å²) in [5, 5.41) is 11.8. The van der Waals surface area contributed by atoms with E-state index < -0.39 is 0 Å². The molecule has 1 amide bonds. The van der Waals surface area contributed by atoms with Gasteiger partial charge in [-0.3, -0.25) is 14.1 Å². The summed E-state index contributed by atoms with van der Waals surface area (Å²) in [4.78, 5) is 21.8. The lowest BCUT2D eigenvalue weighted by Crippen LogP contribution is -2.39. The molecule has 2 fully saturated rings. The quantitative estimate of drug-likeness (QED) is 0.565. The predicted octanol–water partition coefficient (Wildman–Crippen LogP) is 3.00. The Morgan fingerprint density at radius 2 is 2.03 bits per heavy atom.